The lowest BCUT2D eigenvalue weighted by Gasteiger charge is -2.22. The fraction of sp³-hybridized carbons (Fsp3) is 0.538. The van der Waals surface area contributed by atoms with Crippen molar-refractivity contribution in [1.29, 1.82) is 0 Å². The van der Waals surface area contributed by atoms with Crippen molar-refractivity contribution in [3.8, 4) is 0 Å². The van der Waals surface area contributed by atoms with Gasteiger partial charge >= 0.3 is 0 Å². The van der Waals surface area contributed by atoms with Gasteiger partial charge < -0.3 is 11.1 Å². The van der Waals surface area contributed by atoms with Crippen LogP contribution in [0.5, 0.6) is 0 Å². The second-order valence-corrected chi connectivity index (χ2v) is 5.61. The molecule has 0 saturated carbocycles. The zero-order valence-corrected chi connectivity index (χ0v) is 10.6. The molecule has 0 aromatic heterocycles. The summed E-state index contributed by atoms with van der Waals surface area (Å²) in [6.45, 7) is 4.43. The fourth-order valence-corrected chi connectivity index (χ4v) is 3.19. The van der Waals surface area contributed by atoms with Crippen molar-refractivity contribution in [2.24, 2.45) is 5.92 Å². The second-order valence-electron chi connectivity index (χ2n) is 4.55. The summed E-state index contributed by atoms with van der Waals surface area (Å²) in [4.78, 5) is 1.24. The van der Waals surface area contributed by atoms with E-state index in [1.54, 1.807) is 0 Å². The number of nitrogen functional groups attached to an aromatic ring is 1. The summed E-state index contributed by atoms with van der Waals surface area (Å²) in [6.07, 6.45) is 2.61. The number of piperidine rings is 1. The standard InChI is InChI=1S/C13H20N2S/c1-10-2-3-13(12(14)8-10)16-9-11-4-6-15-7-5-11/h2-3,8,11,15H,4-7,9,14H2,1H3. The monoisotopic (exact) mass is 236 g/mol. The number of anilines is 1. The minimum atomic E-state index is 0.854. The van der Waals surface area contributed by atoms with Crippen LogP contribution in [-0.4, -0.2) is 18.8 Å². The molecule has 1 aromatic carbocycles. The van der Waals surface area contributed by atoms with E-state index in [4.69, 9.17) is 5.73 Å². The van der Waals surface area contributed by atoms with Gasteiger partial charge in [-0.05, 0) is 56.5 Å². The molecule has 1 fully saturated rings. The topological polar surface area (TPSA) is 38.0 Å². The first-order chi connectivity index (χ1) is 7.75. The molecule has 3 heteroatoms. The molecule has 3 N–H and O–H groups in total. The smallest absolute Gasteiger partial charge is 0.0454 e. The number of benzene rings is 1. The highest BCUT2D eigenvalue weighted by atomic mass is 32.2. The zero-order valence-electron chi connectivity index (χ0n) is 9.83. The highest BCUT2D eigenvalue weighted by Crippen LogP contribution is 2.29. The van der Waals surface area contributed by atoms with Crippen molar-refractivity contribution in [1.82, 2.24) is 5.32 Å². The van der Waals surface area contributed by atoms with Gasteiger partial charge in [-0.3, -0.25) is 0 Å². The summed E-state index contributed by atoms with van der Waals surface area (Å²) >= 11 is 1.91. The first-order valence-corrected chi connectivity index (χ1v) is 6.94. The van der Waals surface area contributed by atoms with Gasteiger partial charge in [-0.2, -0.15) is 0 Å². The molecule has 1 aromatic rings. The predicted molar refractivity (Wildman–Crippen MR) is 71.9 cm³/mol. The average Bonchev–Trinajstić information content (AvgIpc) is 2.29. The number of rotatable bonds is 3. The summed E-state index contributed by atoms with van der Waals surface area (Å²) in [5.41, 5.74) is 8.17. The molecule has 2 rings (SSSR count). The molecule has 0 spiro atoms. The Morgan fingerprint density at radius 1 is 1.38 bits per heavy atom. The van der Waals surface area contributed by atoms with E-state index in [1.165, 1.54) is 42.1 Å². The Labute approximate surface area is 102 Å². The third-order valence-electron chi connectivity index (χ3n) is 3.10. The van der Waals surface area contributed by atoms with Crippen molar-refractivity contribution in [3.63, 3.8) is 0 Å². The lowest BCUT2D eigenvalue weighted by molar-refractivity contribution is 0.408. The highest BCUT2D eigenvalue weighted by Gasteiger charge is 2.13. The van der Waals surface area contributed by atoms with Crippen LogP contribution in [-0.2, 0) is 0 Å². The maximum Gasteiger partial charge on any atom is 0.0454 e. The molecule has 0 bridgehead atoms. The van der Waals surface area contributed by atoms with Gasteiger partial charge in [0, 0.05) is 16.3 Å². The van der Waals surface area contributed by atoms with Gasteiger partial charge in [0.2, 0.25) is 0 Å². The largest absolute Gasteiger partial charge is 0.398 e. The van der Waals surface area contributed by atoms with Crippen LogP contribution in [0.2, 0.25) is 0 Å². The van der Waals surface area contributed by atoms with E-state index in [-0.39, 0.29) is 0 Å². The van der Waals surface area contributed by atoms with Crippen LogP contribution >= 0.6 is 11.8 Å². The van der Waals surface area contributed by atoms with Gasteiger partial charge in [0.25, 0.3) is 0 Å². The van der Waals surface area contributed by atoms with Crippen molar-refractivity contribution in [2.75, 3.05) is 24.6 Å². The van der Waals surface area contributed by atoms with Crippen molar-refractivity contribution in [3.05, 3.63) is 23.8 Å². The Bertz CT molecular complexity index is 346. The average molecular weight is 236 g/mol. The molecular weight excluding hydrogens is 216 g/mol. The quantitative estimate of drug-likeness (QED) is 0.626. The lowest BCUT2D eigenvalue weighted by Crippen LogP contribution is -2.28. The van der Waals surface area contributed by atoms with Crippen LogP contribution < -0.4 is 11.1 Å². The van der Waals surface area contributed by atoms with Crippen LogP contribution in [0.25, 0.3) is 0 Å². The third-order valence-corrected chi connectivity index (χ3v) is 4.42. The van der Waals surface area contributed by atoms with Gasteiger partial charge in [-0.1, -0.05) is 6.07 Å². The predicted octanol–water partition coefficient (Wildman–Crippen LogP) is 2.67. The minimum absolute atomic E-state index is 0.854. The molecule has 0 radical (unpaired) electrons. The Morgan fingerprint density at radius 2 is 2.12 bits per heavy atom. The molecule has 88 valence electrons. The Kier molecular flexibility index (Phi) is 4.13. The van der Waals surface area contributed by atoms with Crippen LogP contribution in [0, 0.1) is 12.8 Å². The molecule has 0 atom stereocenters. The summed E-state index contributed by atoms with van der Waals surface area (Å²) in [7, 11) is 0. The van der Waals surface area contributed by atoms with Crippen LogP contribution in [0.4, 0.5) is 5.69 Å². The fourth-order valence-electron chi connectivity index (χ4n) is 2.06. The summed E-state index contributed by atoms with van der Waals surface area (Å²) in [6, 6.07) is 6.35. The normalized spacial score (nSPS) is 17.6. The van der Waals surface area contributed by atoms with E-state index >= 15 is 0 Å². The zero-order chi connectivity index (χ0) is 11.4. The molecule has 16 heavy (non-hydrogen) atoms. The van der Waals surface area contributed by atoms with Gasteiger partial charge in [-0.15, -0.1) is 11.8 Å². The molecule has 0 amide bonds. The molecule has 1 heterocycles. The molecule has 2 nitrogen and oxygen atoms in total. The van der Waals surface area contributed by atoms with Crippen molar-refractivity contribution >= 4 is 17.4 Å². The second kappa shape index (κ2) is 5.60. The molecule has 1 saturated heterocycles. The Hall–Kier alpha value is -0.670. The first kappa shape index (κ1) is 11.8. The number of aryl methyl sites for hydroxylation is 1. The number of hydrogen-bond acceptors (Lipinski definition) is 3. The number of nitrogens with one attached hydrogen (secondary N) is 1. The number of hydrogen-bond donors (Lipinski definition) is 2. The number of thioether (sulfide) groups is 1. The maximum absolute atomic E-state index is 6.00. The SMILES string of the molecule is Cc1ccc(SCC2CCNCC2)c(N)c1. The lowest BCUT2D eigenvalue weighted by atomic mass is 10.0. The first-order valence-electron chi connectivity index (χ1n) is 5.95. The van der Waals surface area contributed by atoms with E-state index in [1.807, 2.05) is 11.8 Å². The van der Waals surface area contributed by atoms with E-state index in [9.17, 15) is 0 Å². The Balaban J connectivity index is 1.88. The molecule has 1 aliphatic rings. The third kappa shape index (κ3) is 3.16. The maximum atomic E-state index is 6.00. The molecule has 1 aliphatic heterocycles. The highest BCUT2D eigenvalue weighted by molar-refractivity contribution is 7.99. The Morgan fingerprint density at radius 3 is 2.81 bits per heavy atom. The van der Waals surface area contributed by atoms with Crippen molar-refractivity contribution < 1.29 is 0 Å². The molecule has 0 aliphatic carbocycles. The summed E-state index contributed by atoms with van der Waals surface area (Å²) in [5, 5.41) is 3.40. The van der Waals surface area contributed by atoms with Gasteiger partial charge in [0.05, 0.1) is 0 Å². The molecule has 0 unspecified atom stereocenters. The number of nitrogens with two attached hydrogens (primary N) is 1. The van der Waals surface area contributed by atoms with Gasteiger partial charge in [0.1, 0.15) is 0 Å². The minimum Gasteiger partial charge on any atom is -0.398 e. The molecular formula is C13H20N2S. The van der Waals surface area contributed by atoms with Crippen LogP contribution in [0.3, 0.4) is 0 Å². The van der Waals surface area contributed by atoms with Gasteiger partial charge in [-0.25, -0.2) is 0 Å². The van der Waals surface area contributed by atoms with E-state index in [0.717, 1.165) is 11.6 Å². The van der Waals surface area contributed by atoms with Crippen molar-refractivity contribution in [2.45, 2.75) is 24.7 Å². The van der Waals surface area contributed by atoms with Gasteiger partial charge in [0.15, 0.2) is 0 Å². The van der Waals surface area contributed by atoms with Crippen LogP contribution in [0.1, 0.15) is 18.4 Å². The van der Waals surface area contributed by atoms with Crippen LogP contribution in [0.15, 0.2) is 23.1 Å². The van der Waals surface area contributed by atoms with E-state index in [0.29, 0.717) is 0 Å². The van der Waals surface area contributed by atoms with E-state index < -0.39 is 0 Å². The summed E-state index contributed by atoms with van der Waals surface area (Å²) < 4.78 is 0. The summed E-state index contributed by atoms with van der Waals surface area (Å²) in [5.74, 6) is 2.06. The van der Waals surface area contributed by atoms with E-state index in [2.05, 4.69) is 30.4 Å².